The minimum Gasteiger partial charge on any atom is -0.391 e. The van der Waals surface area contributed by atoms with Gasteiger partial charge in [-0.25, -0.2) is 18.7 Å². The van der Waals surface area contributed by atoms with Crippen molar-refractivity contribution in [1.82, 2.24) is 55.4 Å². The van der Waals surface area contributed by atoms with Crippen LogP contribution in [0.4, 0.5) is 8.78 Å². The average molecular weight is 1080 g/mol. The number of halogens is 2. The number of para-hydroxylation sites is 1. The Hall–Kier alpha value is -6.62. The number of hydrogen-bond donors (Lipinski definition) is 4. The number of nitrogens with one attached hydrogen (secondary N) is 3. The number of morpholine rings is 1. The lowest BCUT2D eigenvalue weighted by Crippen LogP contribution is -2.57. The third-order valence-electron chi connectivity index (χ3n) is 14.5. The van der Waals surface area contributed by atoms with E-state index in [1.165, 1.54) is 17.0 Å². The van der Waals surface area contributed by atoms with Crippen molar-refractivity contribution in [2.75, 3.05) is 72.2 Å². The molecular formula is C56H67F2N11O7S. The fourth-order valence-electron chi connectivity index (χ4n) is 10.1. The van der Waals surface area contributed by atoms with Gasteiger partial charge in [-0.15, -0.1) is 11.3 Å². The minimum atomic E-state index is -0.967. The molecule has 3 fully saturated rings. The largest absolute Gasteiger partial charge is 0.391 e. The number of aliphatic hydroxyl groups excluding tert-OH is 1. The Balaban J connectivity index is 0.686. The normalized spacial score (nSPS) is 18.1. The number of thiazole rings is 1. The molecule has 3 aromatic heterocycles. The Labute approximate surface area is 450 Å². The van der Waals surface area contributed by atoms with E-state index in [4.69, 9.17) is 14.5 Å². The van der Waals surface area contributed by atoms with E-state index in [1.807, 2.05) is 73.8 Å². The zero-order valence-corrected chi connectivity index (χ0v) is 44.8. The quantitative estimate of drug-likeness (QED) is 0.0722. The van der Waals surface area contributed by atoms with Crippen molar-refractivity contribution in [3.8, 4) is 32.8 Å². The number of ether oxygens (including phenoxy) is 2. The second-order valence-electron chi connectivity index (χ2n) is 21.1. The van der Waals surface area contributed by atoms with Gasteiger partial charge in [0.1, 0.15) is 23.7 Å². The molecular weight excluding hydrogens is 1010 g/mol. The number of aliphatic hydroxyl groups is 1. The van der Waals surface area contributed by atoms with Gasteiger partial charge in [-0.05, 0) is 60.1 Å². The molecule has 408 valence electrons. The van der Waals surface area contributed by atoms with Crippen LogP contribution in [-0.4, -0.2) is 159 Å². The molecule has 3 aliphatic heterocycles. The van der Waals surface area contributed by atoms with Gasteiger partial charge in [0.05, 0.1) is 90.3 Å². The Morgan fingerprint density at radius 1 is 0.896 bits per heavy atom. The molecule has 77 heavy (non-hydrogen) atoms. The molecule has 18 nitrogen and oxygen atoms in total. The van der Waals surface area contributed by atoms with Crippen molar-refractivity contribution in [2.24, 2.45) is 5.41 Å². The first-order valence-corrected chi connectivity index (χ1v) is 27.2. The number of benzene rings is 3. The standard InChI is InChI=1S/C56H67F2N11O7S/c1-35-52(77-34-62-35)37-10-8-36(9-11-37)27-61-54(73)48-26-41(70)31-68(48)55(74)53(56(2,3)4)65-49(71)14-20-75-21-15-59-50(72)33-66-16-12-40(13-17-66)69-30-39(28-63-69)47-29-60-46-7-5-6-42(51(46)64-47)38-24-44(57)43(45(58)25-38)32-67-18-22-76-23-19-67/h5-11,24-25,28-30,34,40-41,48,53,70H,12-23,26-27,31-33H2,1-4H3,(H,59,72)(H,61,73)(H,65,71)/t41-,48+,53-/m1/s1. The Morgan fingerprint density at radius 2 is 1.65 bits per heavy atom. The highest BCUT2D eigenvalue weighted by Gasteiger charge is 2.44. The van der Waals surface area contributed by atoms with Gasteiger partial charge < -0.3 is 35.4 Å². The predicted molar refractivity (Wildman–Crippen MR) is 287 cm³/mol. The molecule has 3 aliphatic rings. The fraction of sp³-hybridized carbons (Fsp3) is 0.464. The maximum atomic E-state index is 15.5. The number of β-amino-alcohol motifs (C(OH)–C–C–N with tert-alkyl or cyclic N) is 1. The minimum absolute atomic E-state index is 0.0267. The number of hydrogen-bond acceptors (Lipinski definition) is 14. The number of piperidine rings is 1. The van der Waals surface area contributed by atoms with E-state index >= 15 is 8.78 Å². The molecule has 0 unspecified atom stereocenters. The van der Waals surface area contributed by atoms with Crippen LogP contribution in [0.25, 0.3) is 43.9 Å². The summed E-state index contributed by atoms with van der Waals surface area (Å²) >= 11 is 1.57. The first-order chi connectivity index (χ1) is 37.1. The van der Waals surface area contributed by atoms with E-state index in [-0.39, 0.29) is 82.2 Å². The molecule has 6 aromatic rings. The van der Waals surface area contributed by atoms with Gasteiger partial charge >= 0.3 is 0 Å². The molecule has 21 heteroatoms. The van der Waals surface area contributed by atoms with E-state index < -0.39 is 47.1 Å². The van der Waals surface area contributed by atoms with Gasteiger partial charge in [0.15, 0.2) is 0 Å². The van der Waals surface area contributed by atoms with Crippen molar-refractivity contribution >= 4 is 46.0 Å². The molecule has 0 spiro atoms. The predicted octanol–water partition coefficient (Wildman–Crippen LogP) is 5.67. The second-order valence-corrected chi connectivity index (χ2v) is 22.0. The van der Waals surface area contributed by atoms with E-state index in [0.717, 1.165) is 40.1 Å². The molecule has 6 heterocycles. The monoisotopic (exact) mass is 1080 g/mol. The van der Waals surface area contributed by atoms with Crippen molar-refractivity contribution in [3.63, 3.8) is 0 Å². The summed E-state index contributed by atoms with van der Waals surface area (Å²) in [6.45, 7) is 12.2. The SMILES string of the molecule is Cc1ncsc1-c1ccc(CNC(=O)[C@@H]2C[C@@H](O)CN2C(=O)[C@@H](NC(=O)CCOCCNC(=O)CN2CCC(n3cc(-c4cnc5cccc(-c6cc(F)c(CN7CCOCC7)c(F)c6)c5n4)cn3)CC2)C(C)(C)C)cc1. The Kier molecular flexibility index (Phi) is 17.8. The van der Waals surface area contributed by atoms with E-state index in [0.29, 0.717) is 67.2 Å². The highest BCUT2D eigenvalue weighted by molar-refractivity contribution is 7.13. The molecule has 4 N–H and O–H groups in total. The highest BCUT2D eigenvalue weighted by atomic mass is 32.1. The average Bonchev–Trinajstić information content (AvgIpc) is 4.22. The van der Waals surface area contributed by atoms with Crippen LogP contribution in [-0.2, 0) is 41.7 Å². The lowest BCUT2D eigenvalue weighted by molar-refractivity contribution is -0.144. The maximum absolute atomic E-state index is 15.5. The van der Waals surface area contributed by atoms with Crippen LogP contribution in [0.5, 0.6) is 0 Å². The molecule has 0 aliphatic carbocycles. The third-order valence-corrected chi connectivity index (χ3v) is 15.4. The van der Waals surface area contributed by atoms with Crippen LogP contribution in [0.3, 0.4) is 0 Å². The van der Waals surface area contributed by atoms with Crippen molar-refractivity contribution in [1.29, 1.82) is 0 Å². The van der Waals surface area contributed by atoms with Gasteiger partial charge in [-0.3, -0.25) is 38.6 Å². The number of carbonyl (C=O) groups excluding carboxylic acids is 4. The fourth-order valence-corrected chi connectivity index (χ4v) is 10.9. The van der Waals surface area contributed by atoms with Gasteiger partial charge in [-0.1, -0.05) is 57.2 Å². The van der Waals surface area contributed by atoms with Gasteiger partial charge in [0.25, 0.3) is 0 Å². The summed E-state index contributed by atoms with van der Waals surface area (Å²) in [7, 11) is 0. The lowest BCUT2D eigenvalue weighted by Gasteiger charge is -2.35. The van der Waals surface area contributed by atoms with Crippen LogP contribution in [0, 0.1) is 24.0 Å². The Bertz CT molecular complexity index is 3020. The van der Waals surface area contributed by atoms with Crippen LogP contribution < -0.4 is 16.0 Å². The van der Waals surface area contributed by atoms with E-state index in [9.17, 15) is 24.3 Å². The summed E-state index contributed by atoms with van der Waals surface area (Å²) in [5, 5.41) is 23.9. The molecule has 3 saturated heterocycles. The number of carbonyl (C=O) groups is 4. The molecule has 0 saturated carbocycles. The van der Waals surface area contributed by atoms with Gasteiger partial charge in [0.2, 0.25) is 23.6 Å². The zero-order chi connectivity index (χ0) is 54.2. The number of likely N-dealkylation sites (tertiary alicyclic amines) is 2. The second kappa shape index (κ2) is 24.8. The summed E-state index contributed by atoms with van der Waals surface area (Å²) in [6.07, 6.45) is 6.06. The summed E-state index contributed by atoms with van der Waals surface area (Å²) in [4.78, 5) is 74.0. The molecule has 0 radical (unpaired) electrons. The van der Waals surface area contributed by atoms with Crippen LogP contribution in [0.1, 0.15) is 69.3 Å². The number of fused-ring (bicyclic) bond motifs is 1. The lowest BCUT2D eigenvalue weighted by atomic mass is 9.85. The number of nitrogens with zero attached hydrogens (tertiary/aromatic N) is 8. The molecule has 0 bridgehead atoms. The van der Waals surface area contributed by atoms with Gasteiger partial charge in [0, 0.05) is 88.1 Å². The Morgan fingerprint density at radius 3 is 2.36 bits per heavy atom. The van der Waals surface area contributed by atoms with Gasteiger partial charge in [-0.2, -0.15) is 5.10 Å². The number of aryl methyl sites for hydroxylation is 1. The summed E-state index contributed by atoms with van der Waals surface area (Å²) in [5.74, 6) is -2.59. The number of amides is 4. The summed E-state index contributed by atoms with van der Waals surface area (Å²) in [6, 6.07) is 14.2. The smallest absolute Gasteiger partial charge is 0.246 e. The highest BCUT2D eigenvalue weighted by Crippen LogP contribution is 2.33. The van der Waals surface area contributed by atoms with Crippen molar-refractivity contribution < 1.29 is 42.5 Å². The summed E-state index contributed by atoms with van der Waals surface area (Å²) < 4.78 is 43.9. The first-order valence-electron chi connectivity index (χ1n) is 26.3. The number of rotatable bonds is 19. The van der Waals surface area contributed by atoms with Crippen LogP contribution in [0.2, 0.25) is 0 Å². The topological polar surface area (TPSA) is 209 Å². The maximum Gasteiger partial charge on any atom is 0.246 e. The van der Waals surface area contributed by atoms with Crippen molar-refractivity contribution in [2.45, 2.75) is 90.7 Å². The van der Waals surface area contributed by atoms with Crippen molar-refractivity contribution in [3.05, 3.63) is 107 Å². The van der Waals surface area contributed by atoms with Crippen LogP contribution >= 0.6 is 11.3 Å². The molecule has 9 rings (SSSR count). The summed E-state index contributed by atoms with van der Waals surface area (Å²) in [5.41, 5.74) is 7.42. The zero-order valence-electron chi connectivity index (χ0n) is 44.0. The third kappa shape index (κ3) is 13.7. The molecule has 3 aromatic carbocycles. The van der Waals surface area contributed by atoms with E-state index in [1.54, 1.807) is 41.4 Å². The molecule has 3 atom stereocenters. The number of aromatic nitrogens is 5. The van der Waals surface area contributed by atoms with E-state index in [2.05, 4.69) is 35.9 Å². The molecule has 4 amide bonds. The van der Waals surface area contributed by atoms with Crippen LogP contribution in [0.15, 0.2) is 78.7 Å². The first kappa shape index (κ1) is 55.1.